The molecule has 0 aliphatic carbocycles. The van der Waals surface area contributed by atoms with Gasteiger partial charge in [0.1, 0.15) is 6.10 Å². The van der Waals surface area contributed by atoms with Gasteiger partial charge in [-0.05, 0) is 24.8 Å². The fourth-order valence-corrected chi connectivity index (χ4v) is 4.36. The molecular weight excluding hydrogens is 402 g/mol. The van der Waals surface area contributed by atoms with E-state index in [-0.39, 0.29) is 18.2 Å². The summed E-state index contributed by atoms with van der Waals surface area (Å²) in [6, 6.07) is 10.1. The Morgan fingerprint density at radius 2 is 1.31 bits per heavy atom. The number of nitrogens with one attached hydrogen (secondary N) is 1. The summed E-state index contributed by atoms with van der Waals surface area (Å²) in [5.41, 5.74) is 1.14. The molecule has 32 heavy (non-hydrogen) atoms. The second-order valence-corrected chi connectivity index (χ2v) is 9.16. The van der Waals surface area contributed by atoms with Gasteiger partial charge in [0.25, 0.3) is 0 Å². The number of hydrogen-bond acceptors (Lipinski definition) is 4. The van der Waals surface area contributed by atoms with Crippen molar-refractivity contribution >= 4 is 6.09 Å². The molecule has 1 aliphatic heterocycles. The molecule has 2 N–H and O–H groups in total. The van der Waals surface area contributed by atoms with Crippen molar-refractivity contribution in [2.24, 2.45) is 0 Å². The average molecular weight is 448 g/mol. The molecule has 1 aromatic rings. The third-order valence-electron chi connectivity index (χ3n) is 6.32. The molecule has 1 fully saturated rings. The summed E-state index contributed by atoms with van der Waals surface area (Å²) in [6.45, 7) is 1.40. The number of aliphatic hydroxyl groups is 1. The molecule has 182 valence electrons. The molecule has 1 aliphatic rings. The minimum absolute atomic E-state index is 0.0408. The van der Waals surface area contributed by atoms with Gasteiger partial charge in [-0.1, -0.05) is 107 Å². The Labute approximate surface area is 195 Å². The van der Waals surface area contributed by atoms with Gasteiger partial charge in [0.15, 0.2) is 0 Å². The second kappa shape index (κ2) is 17.9. The van der Waals surface area contributed by atoms with Crippen LogP contribution in [0.1, 0.15) is 102 Å². The topological polar surface area (TPSA) is 67.8 Å². The van der Waals surface area contributed by atoms with Crippen LogP contribution in [0.5, 0.6) is 0 Å². The minimum Gasteiger partial charge on any atom is -0.444 e. The van der Waals surface area contributed by atoms with E-state index in [0.717, 1.165) is 24.8 Å². The van der Waals surface area contributed by atoms with Crippen LogP contribution in [0.25, 0.3) is 0 Å². The number of cyclic esters (lactones) is 1. The van der Waals surface area contributed by atoms with E-state index in [1.165, 1.54) is 77.0 Å². The summed E-state index contributed by atoms with van der Waals surface area (Å²) in [4.78, 5) is 11.7. The Bertz CT molecular complexity index is 580. The number of alkyl carbamates (subject to hydrolysis) is 1. The summed E-state index contributed by atoms with van der Waals surface area (Å²) < 4.78 is 11.3. The van der Waals surface area contributed by atoms with Gasteiger partial charge >= 0.3 is 6.09 Å². The van der Waals surface area contributed by atoms with Crippen molar-refractivity contribution < 1.29 is 19.4 Å². The lowest BCUT2D eigenvalue weighted by atomic mass is 10.0. The summed E-state index contributed by atoms with van der Waals surface area (Å²) in [5, 5.41) is 11.7. The van der Waals surface area contributed by atoms with Crippen molar-refractivity contribution in [1.29, 1.82) is 0 Å². The fourth-order valence-electron chi connectivity index (χ4n) is 4.36. The third kappa shape index (κ3) is 12.4. The molecule has 0 aromatic heterocycles. The smallest absolute Gasteiger partial charge is 0.407 e. The average Bonchev–Trinajstić information content (AvgIpc) is 3.16. The van der Waals surface area contributed by atoms with Crippen LogP contribution in [0.2, 0.25) is 0 Å². The monoisotopic (exact) mass is 447 g/mol. The van der Waals surface area contributed by atoms with Gasteiger partial charge in [-0.25, -0.2) is 4.79 Å². The highest BCUT2D eigenvalue weighted by Gasteiger charge is 2.33. The quantitative estimate of drug-likeness (QED) is 0.223. The van der Waals surface area contributed by atoms with Crippen molar-refractivity contribution in [3.8, 4) is 0 Å². The van der Waals surface area contributed by atoms with Crippen LogP contribution in [0.3, 0.4) is 0 Å². The first-order valence-corrected chi connectivity index (χ1v) is 13.0. The van der Waals surface area contributed by atoms with Crippen LogP contribution in [-0.2, 0) is 16.1 Å². The Morgan fingerprint density at radius 3 is 1.88 bits per heavy atom. The maximum absolute atomic E-state index is 11.7. The predicted molar refractivity (Wildman–Crippen MR) is 130 cm³/mol. The van der Waals surface area contributed by atoms with Gasteiger partial charge in [-0.15, -0.1) is 0 Å². The van der Waals surface area contributed by atoms with Gasteiger partial charge in [0.05, 0.1) is 19.3 Å². The zero-order valence-corrected chi connectivity index (χ0v) is 19.9. The number of unbranched alkanes of at least 4 members (excludes halogenated alkanes) is 13. The van der Waals surface area contributed by atoms with E-state index in [1.807, 2.05) is 30.3 Å². The van der Waals surface area contributed by atoms with Gasteiger partial charge in [0, 0.05) is 6.61 Å². The number of ether oxygens (including phenoxy) is 2. The lowest BCUT2D eigenvalue weighted by Gasteiger charge is -2.17. The van der Waals surface area contributed by atoms with Crippen LogP contribution in [0.15, 0.2) is 30.3 Å². The van der Waals surface area contributed by atoms with Crippen LogP contribution >= 0.6 is 0 Å². The van der Waals surface area contributed by atoms with Crippen LogP contribution in [0, 0.1) is 0 Å². The number of hydrogen-bond donors (Lipinski definition) is 2. The Hall–Kier alpha value is -1.59. The summed E-state index contributed by atoms with van der Waals surface area (Å²) in [7, 11) is 0. The highest BCUT2D eigenvalue weighted by molar-refractivity contribution is 5.70. The zero-order valence-electron chi connectivity index (χ0n) is 19.9. The molecule has 0 radical (unpaired) electrons. The Kier molecular flexibility index (Phi) is 14.9. The summed E-state index contributed by atoms with van der Waals surface area (Å²) >= 11 is 0. The Balaban J connectivity index is 1.40. The standard InChI is InChI=1S/C27H45NO4/c29-21-17-12-10-8-6-4-2-1-3-5-7-9-11-16-20-26-25(28-27(30)32-26)23-31-22-24-18-14-13-15-19-24/h13-15,18-19,25-26,29H,1-12,16-17,20-23H2,(H,28,30). The first-order chi connectivity index (χ1) is 15.8. The molecule has 5 nitrogen and oxygen atoms in total. The summed E-state index contributed by atoms with van der Waals surface area (Å²) in [5.74, 6) is 0. The van der Waals surface area contributed by atoms with Crippen molar-refractivity contribution in [3.05, 3.63) is 35.9 Å². The molecule has 0 bridgehead atoms. The van der Waals surface area contributed by atoms with E-state index in [2.05, 4.69) is 5.32 Å². The number of aliphatic hydroxyl groups excluding tert-OH is 1. The maximum atomic E-state index is 11.7. The second-order valence-electron chi connectivity index (χ2n) is 9.16. The largest absolute Gasteiger partial charge is 0.444 e. The Morgan fingerprint density at radius 1 is 0.781 bits per heavy atom. The minimum atomic E-state index is -0.312. The van der Waals surface area contributed by atoms with Crippen LogP contribution in [0.4, 0.5) is 4.79 Å². The molecule has 2 rings (SSSR count). The van der Waals surface area contributed by atoms with Gasteiger partial charge in [-0.2, -0.15) is 0 Å². The lowest BCUT2D eigenvalue weighted by molar-refractivity contribution is 0.0677. The van der Waals surface area contributed by atoms with E-state index < -0.39 is 0 Å². The van der Waals surface area contributed by atoms with Crippen molar-refractivity contribution in [2.75, 3.05) is 13.2 Å². The number of amides is 1. The first-order valence-electron chi connectivity index (χ1n) is 13.0. The SMILES string of the molecule is O=C1NC(COCc2ccccc2)C(CCCCCCCCCCCCCCCCO)O1. The molecule has 1 saturated heterocycles. The van der Waals surface area contributed by atoms with Crippen LogP contribution in [-0.4, -0.2) is 36.6 Å². The molecule has 1 amide bonds. The van der Waals surface area contributed by atoms with Crippen molar-refractivity contribution in [1.82, 2.24) is 5.32 Å². The number of benzene rings is 1. The number of carbonyl (C=O) groups excluding carboxylic acids is 1. The highest BCUT2D eigenvalue weighted by atomic mass is 16.6. The van der Waals surface area contributed by atoms with E-state index in [0.29, 0.717) is 19.8 Å². The predicted octanol–water partition coefficient (Wildman–Crippen LogP) is 6.52. The molecule has 0 spiro atoms. The van der Waals surface area contributed by atoms with E-state index >= 15 is 0 Å². The van der Waals surface area contributed by atoms with Gasteiger partial charge < -0.3 is 19.9 Å². The lowest BCUT2D eigenvalue weighted by Crippen LogP contribution is -2.36. The van der Waals surface area contributed by atoms with E-state index in [1.54, 1.807) is 0 Å². The molecule has 0 saturated carbocycles. The van der Waals surface area contributed by atoms with Crippen molar-refractivity contribution in [3.63, 3.8) is 0 Å². The van der Waals surface area contributed by atoms with E-state index in [4.69, 9.17) is 14.6 Å². The van der Waals surface area contributed by atoms with Gasteiger partial charge in [0.2, 0.25) is 0 Å². The van der Waals surface area contributed by atoms with Crippen molar-refractivity contribution in [2.45, 2.75) is 115 Å². The molecule has 2 atom stereocenters. The van der Waals surface area contributed by atoms with Crippen LogP contribution < -0.4 is 5.32 Å². The zero-order chi connectivity index (χ0) is 22.7. The maximum Gasteiger partial charge on any atom is 0.407 e. The molecule has 2 unspecified atom stereocenters. The molecule has 5 heteroatoms. The summed E-state index contributed by atoms with van der Waals surface area (Å²) in [6.07, 6.45) is 18.3. The third-order valence-corrected chi connectivity index (χ3v) is 6.32. The molecule has 1 aromatic carbocycles. The molecular formula is C27H45NO4. The fraction of sp³-hybridized carbons (Fsp3) is 0.741. The molecule has 1 heterocycles. The first kappa shape index (κ1) is 26.7. The number of carbonyl (C=O) groups is 1. The highest BCUT2D eigenvalue weighted by Crippen LogP contribution is 2.19. The van der Waals surface area contributed by atoms with E-state index in [9.17, 15) is 4.79 Å². The number of rotatable bonds is 20. The van der Waals surface area contributed by atoms with Gasteiger partial charge in [-0.3, -0.25) is 0 Å². The normalized spacial score (nSPS) is 18.0.